The number of fused-ring (bicyclic) bond motifs is 1. The van der Waals surface area contributed by atoms with Gasteiger partial charge in [0.2, 0.25) is 0 Å². The van der Waals surface area contributed by atoms with Crippen molar-refractivity contribution in [2.45, 2.75) is 40.3 Å². The normalized spacial score (nSPS) is 10.9. The summed E-state index contributed by atoms with van der Waals surface area (Å²) in [6.45, 7) is 8.04. The van der Waals surface area contributed by atoms with Crippen LogP contribution in [0.2, 0.25) is 0 Å². The van der Waals surface area contributed by atoms with Crippen LogP contribution in [0, 0.1) is 0 Å². The SMILES string of the molecule is CC.CCc1cccc(CN(Cc2ccc3ccccc3c2)N(C)C)c1. The molecule has 3 rings (SSSR count). The fourth-order valence-electron chi connectivity index (χ4n) is 3.05. The summed E-state index contributed by atoms with van der Waals surface area (Å²) in [6.07, 6.45) is 1.08. The molecule has 0 heterocycles. The average Bonchev–Trinajstić information content (AvgIpc) is 2.69. The molecular weight excluding hydrogens is 316 g/mol. The predicted molar refractivity (Wildman–Crippen MR) is 114 cm³/mol. The molecule has 0 spiro atoms. The Hall–Kier alpha value is -2.16. The van der Waals surface area contributed by atoms with Gasteiger partial charge < -0.3 is 0 Å². The third kappa shape index (κ3) is 5.42. The van der Waals surface area contributed by atoms with E-state index in [0.29, 0.717) is 0 Å². The zero-order chi connectivity index (χ0) is 18.9. The molecule has 2 heteroatoms. The van der Waals surface area contributed by atoms with E-state index in [4.69, 9.17) is 0 Å². The summed E-state index contributed by atoms with van der Waals surface area (Å²) in [5.41, 5.74) is 4.11. The van der Waals surface area contributed by atoms with Crippen molar-refractivity contribution in [1.82, 2.24) is 10.0 Å². The number of nitrogens with zero attached hydrogens (tertiary/aromatic N) is 2. The molecule has 0 amide bonds. The zero-order valence-corrected chi connectivity index (χ0v) is 16.9. The number of hydrogen-bond donors (Lipinski definition) is 0. The standard InChI is InChI=1S/C22H26N2.C2H6/c1-4-18-8-7-9-19(14-18)16-24(23(2)3)17-20-12-13-21-10-5-6-11-22(21)15-20;1-2/h5-15H,4,16-17H2,1-3H3;1-2H3. The van der Waals surface area contributed by atoms with E-state index in [9.17, 15) is 0 Å². The van der Waals surface area contributed by atoms with E-state index in [1.54, 1.807) is 0 Å². The molecular formula is C24H32N2. The molecule has 0 N–H and O–H groups in total. The van der Waals surface area contributed by atoms with Crippen LogP contribution in [0.5, 0.6) is 0 Å². The van der Waals surface area contributed by atoms with Crippen LogP contribution in [0.3, 0.4) is 0 Å². The highest BCUT2D eigenvalue weighted by atomic mass is 15.6. The van der Waals surface area contributed by atoms with Crippen LogP contribution < -0.4 is 0 Å². The lowest BCUT2D eigenvalue weighted by atomic mass is 10.1. The molecule has 0 radical (unpaired) electrons. The second kappa shape index (κ2) is 10.1. The van der Waals surface area contributed by atoms with E-state index in [1.807, 2.05) is 13.8 Å². The highest BCUT2D eigenvalue weighted by Crippen LogP contribution is 2.18. The maximum Gasteiger partial charge on any atom is 0.0387 e. The molecule has 0 bridgehead atoms. The summed E-state index contributed by atoms with van der Waals surface area (Å²) >= 11 is 0. The van der Waals surface area contributed by atoms with Crippen LogP contribution in [0.25, 0.3) is 10.8 Å². The molecule has 0 saturated carbocycles. The van der Waals surface area contributed by atoms with Crippen molar-refractivity contribution in [3.63, 3.8) is 0 Å². The quantitative estimate of drug-likeness (QED) is 0.511. The molecule has 26 heavy (non-hydrogen) atoms. The van der Waals surface area contributed by atoms with Crippen LogP contribution >= 0.6 is 0 Å². The fraction of sp³-hybridized carbons (Fsp3) is 0.333. The molecule has 0 saturated heterocycles. The smallest absolute Gasteiger partial charge is 0.0387 e. The lowest BCUT2D eigenvalue weighted by Gasteiger charge is -2.29. The van der Waals surface area contributed by atoms with Crippen molar-refractivity contribution in [3.05, 3.63) is 83.4 Å². The largest absolute Gasteiger partial charge is 0.247 e. The summed E-state index contributed by atoms with van der Waals surface area (Å²) in [5, 5.41) is 7.17. The molecule has 3 aromatic rings. The first-order chi connectivity index (χ1) is 12.7. The summed E-state index contributed by atoms with van der Waals surface area (Å²) < 4.78 is 0. The van der Waals surface area contributed by atoms with E-state index in [1.165, 1.54) is 27.5 Å². The van der Waals surface area contributed by atoms with Gasteiger partial charge in [0.25, 0.3) is 0 Å². The minimum atomic E-state index is 0.911. The van der Waals surface area contributed by atoms with Crippen LogP contribution in [0.15, 0.2) is 66.7 Å². The molecule has 0 aliphatic carbocycles. The van der Waals surface area contributed by atoms with Crippen LogP contribution in [0.4, 0.5) is 0 Å². The van der Waals surface area contributed by atoms with Crippen molar-refractivity contribution in [2.75, 3.05) is 14.1 Å². The van der Waals surface area contributed by atoms with Crippen LogP contribution in [-0.4, -0.2) is 24.1 Å². The van der Waals surface area contributed by atoms with Gasteiger partial charge in [0.05, 0.1) is 0 Å². The van der Waals surface area contributed by atoms with Gasteiger partial charge in [-0.15, -0.1) is 0 Å². The van der Waals surface area contributed by atoms with Gasteiger partial charge in [-0.05, 0) is 39.9 Å². The van der Waals surface area contributed by atoms with Crippen LogP contribution in [-0.2, 0) is 19.5 Å². The van der Waals surface area contributed by atoms with Crippen molar-refractivity contribution in [2.24, 2.45) is 0 Å². The van der Waals surface area contributed by atoms with Gasteiger partial charge in [0.15, 0.2) is 0 Å². The summed E-state index contributed by atoms with van der Waals surface area (Å²) in [5.74, 6) is 0. The first kappa shape index (κ1) is 20.2. The molecule has 3 aromatic carbocycles. The minimum absolute atomic E-state index is 0.911. The summed E-state index contributed by atoms with van der Waals surface area (Å²) in [4.78, 5) is 0. The maximum atomic E-state index is 2.37. The summed E-state index contributed by atoms with van der Waals surface area (Å²) in [6, 6.07) is 24.2. The molecule has 138 valence electrons. The highest BCUT2D eigenvalue weighted by molar-refractivity contribution is 5.82. The van der Waals surface area contributed by atoms with Crippen molar-refractivity contribution < 1.29 is 0 Å². The number of rotatable bonds is 6. The monoisotopic (exact) mass is 348 g/mol. The van der Waals surface area contributed by atoms with Gasteiger partial charge >= 0.3 is 0 Å². The fourth-order valence-corrected chi connectivity index (χ4v) is 3.05. The first-order valence-corrected chi connectivity index (χ1v) is 9.63. The second-order valence-corrected chi connectivity index (χ2v) is 6.52. The van der Waals surface area contributed by atoms with Gasteiger partial charge in [0.1, 0.15) is 0 Å². The molecule has 0 aliphatic heterocycles. The minimum Gasteiger partial charge on any atom is -0.247 e. The third-order valence-electron chi connectivity index (χ3n) is 4.51. The van der Waals surface area contributed by atoms with Crippen molar-refractivity contribution in [1.29, 1.82) is 0 Å². The molecule has 0 unspecified atom stereocenters. The van der Waals surface area contributed by atoms with E-state index < -0.39 is 0 Å². The second-order valence-electron chi connectivity index (χ2n) is 6.52. The Bertz CT molecular complexity index is 808. The third-order valence-corrected chi connectivity index (χ3v) is 4.51. The Balaban J connectivity index is 0.00000117. The number of hydrazine groups is 1. The van der Waals surface area contributed by atoms with Crippen LogP contribution in [0.1, 0.15) is 37.5 Å². The van der Waals surface area contributed by atoms with Gasteiger partial charge in [-0.1, -0.05) is 81.4 Å². The molecule has 2 nitrogen and oxygen atoms in total. The molecule has 0 aromatic heterocycles. The number of aryl methyl sites for hydroxylation is 1. The first-order valence-electron chi connectivity index (χ1n) is 9.63. The van der Waals surface area contributed by atoms with Gasteiger partial charge in [-0.25, -0.2) is 10.0 Å². The summed E-state index contributed by atoms with van der Waals surface area (Å²) in [7, 11) is 4.23. The molecule has 0 atom stereocenters. The Morgan fingerprint density at radius 1 is 0.654 bits per heavy atom. The molecule has 0 fully saturated rings. The predicted octanol–water partition coefficient (Wildman–Crippen LogP) is 5.91. The number of benzene rings is 3. The Morgan fingerprint density at radius 3 is 1.92 bits per heavy atom. The maximum absolute atomic E-state index is 2.37. The lowest BCUT2D eigenvalue weighted by molar-refractivity contribution is 0.00735. The Labute approximate surface area is 159 Å². The topological polar surface area (TPSA) is 6.48 Å². The van der Waals surface area contributed by atoms with Crippen molar-refractivity contribution >= 4 is 10.8 Å². The van der Waals surface area contributed by atoms with E-state index >= 15 is 0 Å². The van der Waals surface area contributed by atoms with Crippen molar-refractivity contribution in [3.8, 4) is 0 Å². The van der Waals surface area contributed by atoms with Gasteiger partial charge in [-0.2, -0.15) is 0 Å². The van der Waals surface area contributed by atoms with Gasteiger partial charge in [-0.3, -0.25) is 0 Å². The Morgan fingerprint density at radius 2 is 1.27 bits per heavy atom. The van der Waals surface area contributed by atoms with E-state index in [2.05, 4.69) is 97.8 Å². The van der Waals surface area contributed by atoms with E-state index in [0.717, 1.165) is 19.5 Å². The average molecular weight is 349 g/mol. The lowest BCUT2D eigenvalue weighted by Crippen LogP contribution is -2.35. The number of hydrogen-bond acceptors (Lipinski definition) is 2. The molecule has 0 aliphatic rings. The van der Waals surface area contributed by atoms with E-state index in [-0.39, 0.29) is 0 Å². The highest BCUT2D eigenvalue weighted by Gasteiger charge is 2.10. The zero-order valence-electron chi connectivity index (χ0n) is 16.9. The Kier molecular flexibility index (Phi) is 7.83. The van der Waals surface area contributed by atoms with Gasteiger partial charge in [0, 0.05) is 27.2 Å².